The summed E-state index contributed by atoms with van der Waals surface area (Å²) >= 11 is 12.3. The van der Waals surface area contributed by atoms with Gasteiger partial charge in [0.15, 0.2) is 0 Å². The fraction of sp³-hybridized carbons (Fsp3) is 0.333. The Labute approximate surface area is 173 Å². The molecule has 2 heterocycles. The highest BCUT2D eigenvalue weighted by atomic mass is 35.5. The van der Waals surface area contributed by atoms with Crippen molar-refractivity contribution in [3.8, 4) is 5.75 Å². The van der Waals surface area contributed by atoms with E-state index in [9.17, 15) is 9.59 Å². The van der Waals surface area contributed by atoms with E-state index in [1.807, 2.05) is 18.2 Å². The first kappa shape index (κ1) is 20.5. The summed E-state index contributed by atoms with van der Waals surface area (Å²) in [6, 6.07) is 8.68. The summed E-state index contributed by atoms with van der Waals surface area (Å²) in [6.45, 7) is 4.70. The average Bonchev–Trinajstić information content (AvgIpc) is 3.06. The van der Waals surface area contributed by atoms with Crippen LogP contribution in [-0.2, 0) is 4.79 Å². The highest BCUT2D eigenvalue weighted by Crippen LogP contribution is 2.31. The van der Waals surface area contributed by atoms with Gasteiger partial charge in [0.1, 0.15) is 10.8 Å². The number of aromatic amines is 1. The number of H-pyrrole nitrogens is 1. The number of pyridine rings is 1. The van der Waals surface area contributed by atoms with Crippen LogP contribution in [0.15, 0.2) is 41.2 Å². The second-order valence-corrected chi connectivity index (χ2v) is 8.01. The van der Waals surface area contributed by atoms with E-state index in [0.29, 0.717) is 41.8 Å². The third-order valence-electron chi connectivity index (χ3n) is 4.36. The molecule has 148 valence electrons. The summed E-state index contributed by atoms with van der Waals surface area (Å²) in [5, 5.41) is 3.52. The Morgan fingerprint density at radius 2 is 2.00 bits per heavy atom. The van der Waals surface area contributed by atoms with Gasteiger partial charge in [0.05, 0.1) is 11.6 Å². The van der Waals surface area contributed by atoms with E-state index < -0.39 is 0 Å². The number of hydrogen-bond donors (Lipinski definition) is 2. The van der Waals surface area contributed by atoms with E-state index in [-0.39, 0.29) is 22.5 Å². The second kappa shape index (κ2) is 8.84. The summed E-state index contributed by atoms with van der Waals surface area (Å²) in [6.07, 6.45) is 3.11. The normalized spacial score (nSPS) is 17.1. The van der Waals surface area contributed by atoms with Crippen LogP contribution in [0, 0.1) is 5.92 Å². The maximum atomic E-state index is 12.0. The molecule has 2 aromatic rings. The molecule has 28 heavy (non-hydrogen) atoms. The number of benzene rings is 1. The lowest BCUT2D eigenvalue weighted by atomic mass is 9.99. The molecule has 3 rings (SSSR count). The first-order valence-corrected chi connectivity index (χ1v) is 9.92. The number of nitrogens with one attached hydrogen (secondary N) is 2. The number of carbonyl (C=O) groups is 1. The lowest BCUT2D eigenvalue weighted by Crippen LogP contribution is -2.23. The molecule has 0 aliphatic carbocycles. The van der Waals surface area contributed by atoms with Crippen molar-refractivity contribution in [2.45, 2.75) is 32.7 Å². The molecule has 1 aliphatic rings. The molecule has 0 saturated carbocycles. The van der Waals surface area contributed by atoms with E-state index in [2.05, 4.69) is 24.1 Å². The van der Waals surface area contributed by atoms with Crippen LogP contribution in [0.25, 0.3) is 5.57 Å². The number of aromatic nitrogens is 1. The number of amides is 1. The third-order valence-corrected chi connectivity index (χ3v) is 4.96. The number of halogens is 2. The van der Waals surface area contributed by atoms with Crippen molar-refractivity contribution < 1.29 is 9.53 Å². The van der Waals surface area contributed by atoms with Crippen molar-refractivity contribution in [1.29, 1.82) is 0 Å². The van der Waals surface area contributed by atoms with Gasteiger partial charge in [-0.15, -0.1) is 0 Å². The molecule has 1 amide bonds. The highest BCUT2D eigenvalue weighted by molar-refractivity contribution is 6.32. The van der Waals surface area contributed by atoms with Crippen LogP contribution in [0.2, 0.25) is 10.0 Å². The number of rotatable bonds is 6. The van der Waals surface area contributed by atoms with E-state index in [0.717, 1.165) is 11.1 Å². The largest absolute Gasteiger partial charge is 0.492 e. The fourth-order valence-corrected chi connectivity index (χ4v) is 3.31. The summed E-state index contributed by atoms with van der Waals surface area (Å²) < 4.78 is 5.74. The molecule has 0 spiro atoms. The lowest BCUT2D eigenvalue weighted by molar-refractivity contribution is -0.119. The van der Waals surface area contributed by atoms with Gasteiger partial charge in [0.25, 0.3) is 5.56 Å². The fourth-order valence-electron chi connectivity index (χ4n) is 2.96. The smallest absolute Gasteiger partial charge is 0.267 e. The van der Waals surface area contributed by atoms with Gasteiger partial charge < -0.3 is 15.0 Å². The van der Waals surface area contributed by atoms with Gasteiger partial charge in [-0.3, -0.25) is 9.59 Å². The minimum atomic E-state index is -0.372. The SMILES string of the molecule is CC(C)COc1ccc(/C(=C/[C@H]2CCC(=O)N2)c2ccc(Cl)c(=O)[nH]2)cc1Cl. The van der Waals surface area contributed by atoms with Crippen molar-refractivity contribution in [3.05, 3.63) is 68.1 Å². The molecular formula is C21H22Cl2N2O3. The molecule has 1 aliphatic heterocycles. The maximum absolute atomic E-state index is 12.0. The molecule has 1 atom stereocenters. The molecule has 1 fully saturated rings. The van der Waals surface area contributed by atoms with Gasteiger partial charge in [0, 0.05) is 23.7 Å². The minimum Gasteiger partial charge on any atom is -0.492 e. The predicted octanol–water partition coefficient (Wildman–Crippen LogP) is 4.43. The Kier molecular flexibility index (Phi) is 6.47. The molecule has 0 radical (unpaired) electrons. The van der Waals surface area contributed by atoms with E-state index in [1.165, 1.54) is 0 Å². The van der Waals surface area contributed by atoms with Gasteiger partial charge in [-0.05, 0) is 42.2 Å². The second-order valence-electron chi connectivity index (χ2n) is 7.19. The zero-order chi connectivity index (χ0) is 20.3. The summed E-state index contributed by atoms with van der Waals surface area (Å²) in [4.78, 5) is 26.4. The van der Waals surface area contributed by atoms with Gasteiger partial charge in [-0.2, -0.15) is 0 Å². The van der Waals surface area contributed by atoms with E-state index >= 15 is 0 Å². The van der Waals surface area contributed by atoms with Gasteiger partial charge in [-0.1, -0.05) is 49.2 Å². The van der Waals surface area contributed by atoms with Crippen LogP contribution in [0.5, 0.6) is 5.75 Å². The van der Waals surface area contributed by atoms with Crippen molar-refractivity contribution in [1.82, 2.24) is 10.3 Å². The number of ether oxygens (including phenoxy) is 1. The van der Waals surface area contributed by atoms with Crippen molar-refractivity contribution in [2.75, 3.05) is 6.61 Å². The van der Waals surface area contributed by atoms with Crippen LogP contribution in [0.4, 0.5) is 0 Å². The predicted molar refractivity (Wildman–Crippen MR) is 112 cm³/mol. The monoisotopic (exact) mass is 420 g/mol. The topological polar surface area (TPSA) is 71.2 Å². The highest BCUT2D eigenvalue weighted by Gasteiger charge is 2.21. The molecule has 1 saturated heterocycles. The summed E-state index contributed by atoms with van der Waals surface area (Å²) in [7, 11) is 0. The summed E-state index contributed by atoms with van der Waals surface area (Å²) in [5.41, 5.74) is 1.80. The van der Waals surface area contributed by atoms with Crippen LogP contribution in [-0.4, -0.2) is 23.5 Å². The number of hydrogen-bond acceptors (Lipinski definition) is 3. The first-order chi connectivity index (χ1) is 13.3. The minimum absolute atomic E-state index is 0.0145. The molecule has 2 N–H and O–H groups in total. The standard InChI is InChI=1S/C21H22Cl2N2O3/c1-12(2)11-28-19-7-3-13(9-17(19)23)15(10-14-4-8-20(26)24-14)18-6-5-16(22)21(27)25-18/h3,5-7,9-10,12,14H,4,8,11H2,1-2H3,(H,24,26)(H,25,27)/b15-10-/t14-/m1/s1. The quantitative estimate of drug-likeness (QED) is 0.725. The Morgan fingerprint density at radius 1 is 1.21 bits per heavy atom. The maximum Gasteiger partial charge on any atom is 0.267 e. The van der Waals surface area contributed by atoms with Gasteiger partial charge >= 0.3 is 0 Å². The molecule has 0 unspecified atom stereocenters. The van der Waals surface area contributed by atoms with Crippen LogP contribution in [0.1, 0.15) is 37.9 Å². The first-order valence-electron chi connectivity index (χ1n) is 9.16. The van der Waals surface area contributed by atoms with Crippen LogP contribution < -0.4 is 15.6 Å². The van der Waals surface area contributed by atoms with Crippen LogP contribution in [0.3, 0.4) is 0 Å². The van der Waals surface area contributed by atoms with Gasteiger partial charge in [0.2, 0.25) is 5.91 Å². The lowest BCUT2D eigenvalue weighted by Gasteiger charge is -2.15. The summed E-state index contributed by atoms with van der Waals surface area (Å²) in [5.74, 6) is 1.01. The van der Waals surface area contributed by atoms with Crippen LogP contribution >= 0.6 is 23.2 Å². The van der Waals surface area contributed by atoms with Crippen molar-refractivity contribution >= 4 is 34.7 Å². The Hall–Kier alpha value is -2.24. The van der Waals surface area contributed by atoms with Crippen molar-refractivity contribution in [3.63, 3.8) is 0 Å². The molecule has 1 aromatic heterocycles. The molecule has 0 bridgehead atoms. The third kappa shape index (κ3) is 4.97. The molecular weight excluding hydrogens is 399 g/mol. The average molecular weight is 421 g/mol. The zero-order valence-electron chi connectivity index (χ0n) is 15.7. The Bertz CT molecular complexity index is 966. The van der Waals surface area contributed by atoms with Gasteiger partial charge in [-0.25, -0.2) is 0 Å². The molecule has 1 aromatic carbocycles. The zero-order valence-corrected chi connectivity index (χ0v) is 17.2. The molecule has 7 heteroatoms. The Morgan fingerprint density at radius 3 is 2.61 bits per heavy atom. The molecule has 5 nitrogen and oxygen atoms in total. The van der Waals surface area contributed by atoms with E-state index in [1.54, 1.807) is 18.2 Å². The van der Waals surface area contributed by atoms with E-state index in [4.69, 9.17) is 27.9 Å². The number of carbonyl (C=O) groups excluding carboxylic acids is 1. The van der Waals surface area contributed by atoms with Crippen molar-refractivity contribution in [2.24, 2.45) is 5.92 Å². The Balaban J connectivity index is 2.00.